The Morgan fingerprint density at radius 2 is 1.67 bits per heavy atom. The number of halogens is 1. The van der Waals surface area contributed by atoms with Crippen LogP contribution >= 0.6 is 15.9 Å². The van der Waals surface area contributed by atoms with Crippen molar-refractivity contribution in [3.63, 3.8) is 0 Å². The summed E-state index contributed by atoms with van der Waals surface area (Å²) in [4.78, 5) is 14.7. The Balaban J connectivity index is 1.81. The zero-order chi connectivity index (χ0) is 24.0. The number of amides is 1. The van der Waals surface area contributed by atoms with E-state index in [1.54, 1.807) is 43.3 Å². The lowest BCUT2D eigenvalue weighted by Gasteiger charge is -2.25. The number of benzene rings is 3. The molecule has 1 amide bonds. The highest BCUT2D eigenvalue weighted by molar-refractivity contribution is 9.10. The number of para-hydroxylation sites is 1. The summed E-state index contributed by atoms with van der Waals surface area (Å²) in [6.45, 7) is 1.39. The highest BCUT2D eigenvalue weighted by atomic mass is 79.9. The molecule has 3 aromatic rings. The van der Waals surface area contributed by atoms with Crippen LogP contribution in [-0.4, -0.2) is 41.2 Å². The molecule has 0 radical (unpaired) electrons. The van der Waals surface area contributed by atoms with Gasteiger partial charge in [0.25, 0.3) is 15.9 Å². The lowest BCUT2D eigenvalue weighted by Crippen LogP contribution is -2.40. The number of anilines is 2. The van der Waals surface area contributed by atoms with Crippen LogP contribution in [0.3, 0.4) is 0 Å². The van der Waals surface area contributed by atoms with E-state index < -0.39 is 22.5 Å². The van der Waals surface area contributed by atoms with E-state index in [0.29, 0.717) is 5.69 Å². The number of hydrazone groups is 1. The van der Waals surface area contributed by atoms with E-state index in [2.05, 4.69) is 26.5 Å². The van der Waals surface area contributed by atoms with Crippen molar-refractivity contribution in [1.82, 2.24) is 5.43 Å². The fourth-order valence-corrected chi connectivity index (χ4v) is 5.43. The molecule has 0 atom stereocenters. The van der Waals surface area contributed by atoms with E-state index in [1.807, 2.05) is 43.3 Å². The molecular weight excluding hydrogens is 504 g/mol. The number of carbonyl (C=O) groups excluding carboxylic acids is 1. The maximum atomic E-state index is 13.3. The molecule has 172 valence electrons. The minimum Gasteiger partial charge on any atom is -0.377 e. The number of nitrogens with zero attached hydrogens (tertiary/aromatic N) is 3. The smallest absolute Gasteiger partial charge is 0.264 e. The van der Waals surface area contributed by atoms with Crippen molar-refractivity contribution in [3.05, 3.63) is 88.4 Å². The normalized spacial score (nSPS) is 11.4. The molecule has 0 aliphatic rings. The number of aryl methyl sites for hydroxylation is 1. The zero-order valence-corrected chi connectivity index (χ0v) is 21.0. The van der Waals surface area contributed by atoms with E-state index >= 15 is 0 Å². The molecule has 3 rings (SSSR count). The van der Waals surface area contributed by atoms with Gasteiger partial charge in [0.2, 0.25) is 0 Å². The summed E-state index contributed by atoms with van der Waals surface area (Å²) < 4.78 is 28.7. The Kier molecular flexibility index (Phi) is 7.88. The third kappa shape index (κ3) is 6.00. The minimum atomic E-state index is -3.96. The van der Waals surface area contributed by atoms with E-state index in [-0.39, 0.29) is 4.90 Å². The van der Waals surface area contributed by atoms with Gasteiger partial charge in [-0.3, -0.25) is 9.10 Å². The molecule has 0 aromatic heterocycles. The van der Waals surface area contributed by atoms with Gasteiger partial charge in [-0.1, -0.05) is 42.5 Å². The Morgan fingerprint density at radius 1 is 1.00 bits per heavy atom. The summed E-state index contributed by atoms with van der Waals surface area (Å²) in [6, 6.07) is 20.8. The van der Waals surface area contributed by atoms with Gasteiger partial charge in [0, 0.05) is 18.6 Å². The first-order valence-electron chi connectivity index (χ1n) is 10.1. The van der Waals surface area contributed by atoms with E-state index in [9.17, 15) is 13.2 Å². The zero-order valence-electron chi connectivity index (χ0n) is 18.6. The van der Waals surface area contributed by atoms with E-state index in [4.69, 9.17) is 0 Å². The predicted octanol–water partition coefficient (Wildman–Crippen LogP) is 4.17. The van der Waals surface area contributed by atoms with Crippen molar-refractivity contribution in [2.24, 2.45) is 5.10 Å². The van der Waals surface area contributed by atoms with Gasteiger partial charge in [-0.05, 0) is 64.3 Å². The van der Waals surface area contributed by atoms with Crippen LogP contribution in [0.1, 0.15) is 11.1 Å². The largest absolute Gasteiger partial charge is 0.377 e. The molecule has 0 unspecified atom stereocenters. The quantitative estimate of drug-likeness (QED) is 0.351. The lowest BCUT2D eigenvalue weighted by molar-refractivity contribution is -0.119. The first-order chi connectivity index (χ1) is 15.7. The van der Waals surface area contributed by atoms with Crippen LogP contribution in [0, 0.1) is 6.92 Å². The molecule has 3 aromatic carbocycles. The second kappa shape index (κ2) is 10.6. The van der Waals surface area contributed by atoms with E-state index in [0.717, 1.165) is 25.6 Å². The lowest BCUT2D eigenvalue weighted by atomic mass is 10.2. The molecule has 0 aliphatic carbocycles. The van der Waals surface area contributed by atoms with Crippen molar-refractivity contribution in [3.8, 4) is 0 Å². The predicted molar refractivity (Wildman–Crippen MR) is 136 cm³/mol. The van der Waals surface area contributed by atoms with Gasteiger partial charge in [-0.15, -0.1) is 0 Å². The van der Waals surface area contributed by atoms with Crippen molar-refractivity contribution in [2.45, 2.75) is 11.8 Å². The summed E-state index contributed by atoms with van der Waals surface area (Å²) >= 11 is 3.51. The summed E-state index contributed by atoms with van der Waals surface area (Å²) in [7, 11) is -0.0732. The Hall–Kier alpha value is -3.17. The molecule has 7 nitrogen and oxygen atoms in total. The molecular formula is C24H25BrN4O3S. The summed E-state index contributed by atoms with van der Waals surface area (Å²) in [5.41, 5.74) is 5.39. The molecule has 9 heteroatoms. The fourth-order valence-electron chi connectivity index (χ4n) is 3.17. The van der Waals surface area contributed by atoms with Crippen LogP contribution in [0.4, 0.5) is 11.4 Å². The van der Waals surface area contributed by atoms with Crippen molar-refractivity contribution in [1.29, 1.82) is 0 Å². The molecule has 1 N–H and O–H groups in total. The third-order valence-corrected chi connectivity index (χ3v) is 7.27. The summed E-state index contributed by atoms with van der Waals surface area (Å²) in [5.74, 6) is -0.557. The monoisotopic (exact) mass is 528 g/mol. The van der Waals surface area contributed by atoms with Gasteiger partial charge in [0.05, 0.1) is 22.5 Å². The first-order valence-corrected chi connectivity index (χ1v) is 12.4. The minimum absolute atomic E-state index is 0.107. The number of hydrogen-bond donors (Lipinski definition) is 1. The molecule has 0 heterocycles. The molecule has 0 spiro atoms. The maximum Gasteiger partial charge on any atom is 0.264 e. The number of sulfonamides is 1. The van der Waals surface area contributed by atoms with Gasteiger partial charge in [-0.2, -0.15) is 5.10 Å². The van der Waals surface area contributed by atoms with E-state index in [1.165, 1.54) is 18.3 Å². The Morgan fingerprint density at radius 3 is 2.30 bits per heavy atom. The molecule has 0 aliphatic heterocycles. The maximum absolute atomic E-state index is 13.3. The third-order valence-electron chi connectivity index (χ3n) is 4.86. The molecule has 0 saturated carbocycles. The topological polar surface area (TPSA) is 82.1 Å². The summed E-state index contributed by atoms with van der Waals surface area (Å²) in [6.07, 6.45) is 1.51. The van der Waals surface area contributed by atoms with Crippen LogP contribution in [0.25, 0.3) is 0 Å². The van der Waals surface area contributed by atoms with Crippen molar-refractivity contribution in [2.75, 3.05) is 29.8 Å². The Labute approximate surface area is 202 Å². The molecule has 0 saturated heterocycles. The highest BCUT2D eigenvalue weighted by Gasteiger charge is 2.27. The van der Waals surface area contributed by atoms with Crippen LogP contribution in [0.15, 0.2) is 87.3 Å². The number of rotatable bonds is 8. The van der Waals surface area contributed by atoms with Gasteiger partial charge in [0.1, 0.15) is 6.54 Å². The average molecular weight is 529 g/mol. The molecule has 33 heavy (non-hydrogen) atoms. The van der Waals surface area contributed by atoms with Crippen molar-refractivity contribution >= 4 is 49.4 Å². The number of hydrogen-bond acceptors (Lipinski definition) is 5. The second-order valence-corrected chi connectivity index (χ2v) is 10.2. The Bertz CT molecular complexity index is 1260. The van der Waals surface area contributed by atoms with Gasteiger partial charge >= 0.3 is 0 Å². The van der Waals surface area contributed by atoms with Gasteiger partial charge in [0.15, 0.2) is 0 Å². The van der Waals surface area contributed by atoms with Crippen LogP contribution in [-0.2, 0) is 14.8 Å². The fraction of sp³-hybridized carbons (Fsp3) is 0.167. The van der Waals surface area contributed by atoms with Crippen LogP contribution in [0.5, 0.6) is 0 Å². The van der Waals surface area contributed by atoms with Gasteiger partial charge in [-0.25, -0.2) is 13.8 Å². The average Bonchev–Trinajstić information content (AvgIpc) is 2.78. The second-order valence-electron chi connectivity index (χ2n) is 7.51. The molecule has 0 fully saturated rings. The van der Waals surface area contributed by atoms with Gasteiger partial charge < -0.3 is 4.90 Å². The van der Waals surface area contributed by atoms with Crippen molar-refractivity contribution < 1.29 is 13.2 Å². The van der Waals surface area contributed by atoms with Crippen LogP contribution < -0.4 is 14.6 Å². The summed E-state index contributed by atoms with van der Waals surface area (Å²) in [5, 5.41) is 4.00. The standard InChI is InChI=1S/C24H25BrN4O3S/c1-18-9-7-8-12-22(18)29(33(31,32)20-10-5-4-6-11-20)17-24(30)27-26-16-19-13-14-23(28(2)3)21(25)15-19/h4-16H,17H2,1-3H3,(H,27,30)/b26-16-. The highest BCUT2D eigenvalue weighted by Crippen LogP contribution is 2.27. The molecule has 0 bridgehead atoms. The first kappa shape index (κ1) is 24.5. The number of nitrogens with one attached hydrogen (secondary N) is 1. The van der Waals surface area contributed by atoms with Crippen LogP contribution in [0.2, 0.25) is 0 Å². The SMILES string of the molecule is Cc1ccccc1N(CC(=O)N/N=C\c1ccc(N(C)C)c(Br)c1)S(=O)(=O)c1ccccc1. The number of carbonyl (C=O) groups is 1.